The van der Waals surface area contributed by atoms with Crippen molar-refractivity contribution in [3.05, 3.63) is 62.0 Å². The van der Waals surface area contributed by atoms with E-state index in [0.717, 1.165) is 10.0 Å². The van der Waals surface area contributed by atoms with E-state index in [1.165, 1.54) is 6.08 Å². The fraction of sp³-hybridized carbons (Fsp3) is 0.238. The summed E-state index contributed by atoms with van der Waals surface area (Å²) in [5.74, 6) is 0.645. The number of ether oxygens (including phenoxy) is 2. The highest BCUT2D eigenvalue weighted by Gasteiger charge is 2.14. The van der Waals surface area contributed by atoms with Crippen molar-refractivity contribution in [1.82, 2.24) is 5.32 Å². The Labute approximate surface area is 181 Å². The van der Waals surface area contributed by atoms with Crippen LogP contribution in [0.1, 0.15) is 25.0 Å². The minimum atomic E-state index is -0.418. The van der Waals surface area contributed by atoms with Crippen LogP contribution in [-0.4, -0.2) is 19.1 Å². The summed E-state index contributed by atoms with van der Waals surface area (Å²) in [5.41, 5.74) is 1.67. The molecule has 146 valence electrons. The van der Waals surface area contributed by atoms with Crippen LogP contribution in [0.4, 0.5) is 0 Å². The van der Waals surface area contributed by atoms with E-state index in [9.17, 15) is 10.1 Å². The number of hydrogen-bond acceptors (Lipinski definition) is 4. The Kier molecular flexibility index (Phi) is 8.09. The quantitative estimate of drug-likeness (QED) is 0.411. The van der Waals surface area contributed by atoms with Crippen molar-refractivity contribution < 1.29 is 14.3 Å². The van der Waals surface area contributed by atoms with Crippen LogP contribution in [-0.2, 0) is 11.4 Å². The van der Waals surface area contributed by atoms with Crippen molar-refractivity contribution in [1.29, 1.82) is 5.26 Å². The molecule has 0 saturated carbocycles. The molecule has 0 atom stereocenters. The van der Waals surface area contributed by atoms with Crippen molar-refractivity contribution in [3.63, 3.8) is 0 Å². The molecule has 1 amide bonds. The van der Waals surface area contributed by atoms with Crippen molar-refractivity contribution in [2.45, 2.75) is 26.5 Å². The number of amides is 1. The standard InChI is InChI=1S/C21H20Br2N2O3/c1-13(2)25-21(26)16(11-24)8-15-9-19(27-3)20(10-18(15)23)28-12-14-4-6-17(22)7-5-14/h4-10,13H,12H2,1-3H3,(H,25,26)/b16-8-. The maximum atomic E-state index is 12.1. The molecule has 2 rings (SSSR count). The Morgan fingerprint density at radius 3 is 2.46 bits per heavy atom. The lowest BCUT2D eigenvalue weighted by Crippen LogP contribution is -2.30. The van der Waals surface area contributed by atoms with Gasteiger partial charge < -0.3 is 14.8 Å². The Bertz CT molecular complexity index is 916. The topological polar surface area (TPSA) is 71.3 Å². The molecule has 0 heterocycles. The fourth-order valence-electron chi connectivity index (χ4n) is 2.32. The second-order valence-electron chi connectivity index (χ2n) is 6.24. The number of hydrogen-bond donors (Lipinski definition) is 1. The highest BCUT2D eigenvalue weighted by molar-refractivity contribution is 9.10. The zero-order chi connectivity index (χ0) is 20.7. The zero-order valence-corrected chi connectivity index (χ0v) is 18.9. The molecular weight excluding hydrogens is 488 g/mol. The highest BCUT2D eigenvalue weighted by Crippen LogP contribution is 2.35. The Morgan fingerprint density at radius 1 is 1.21 bits per heavy atom. The summed E-state index contributed by atoms with van der Waals surface area (Å²) in [6.45, 7) is 4.05. The number of rotatable bonds is 7. The normalized spacial score (nSPS) is 11.1. The third-order valence-electron chi connectivity index (χ3n) is 3.68. The van der Waals surface area contributed by atoms with Crippen LogP contribution >= 0.6 is 31.9 Å². The molecule has 28 heavy (non-hydrogen) atoms. The average molecular weight is 508 g/mol. The molecule has 0 spiro atoms. The smallest absolute Gasteiger partial charge is 0.262 e. The van der Waals surface area contributed by atoms with Crippen LogP contribution in [0, 0.1) is 11.3 Å². The molecule has 0 unspecified atom stereocenters. The minimum absolute atomic E-state index is 0.0139. The summed E-state index contributed by atoms with van der Waals surface area (Å²) in [7, 11) is 1.54. The fourth-order valence-corrected chi connectivity index (χ4v) is 3.02. The van der Waals surface area contributed by atoms with Gasteiger partial charge in [0.15, 0.2) is 11.5 Å². The molecule has 0 aliphatic heterocycles. The number of carbonyl (C=O) groups excluding carboxylic acids is 1. The number of halogens is 2. The molecule has 2 aromatic carbocycles. The first-order chi connectivity index (χ1) is 13.3. The summed E-state index contributed by atoms with van der Waals surface area (Å²) in [6, 6.07) is 13.2. The van der Waals surface area contributed by atoms with Crippen LogP contribution in [0.3, 0.4) is 0 Å². The lowest BCUT2D eigenvalue weighted by molar-refractivity contribution is -0.117. The molecule has 5 nitrogen and oxygen atoms in total. The van der Waals surface area contributed by atoms with Gasteiger partial charge in [0, 0.05) is 15.0 Å². The van der Waals surface area contributed by atoms with E-state index in [1.807, 2.05) is 44.2 Å². The number of methoxy groups -OCH3 is 1. The molecular formula is C21H20Br2N2O3. The molecule has 7 heteroatoms. The minimum Gasteiger partial charge on any atom is -0.493 e. The lowest BCUT2D eigenvalue weighted by Gasteiger charge is -2.13. The molecule has 0 aliphatic rings. The summed E-state index contributed by atoms with van der Waals surface area (Å²) >= 11 is 6.88. The van der Waals surface area contributed by atoms with Crippen molar-refractivity contribution in [3.8, 4) is 17.6 Å². The monoisotopic (exact) mass is 506 g/mol. The first-order valence-electron chi connectivity index (χ1n) is 8.51. The van der Waals surface area contributed by atoms with Crippen LogP contribution in [0.15, 0.2) is 50.9 Å². The van der Waals surface area contributed by atoms with Crippen LogP contribution < -0.4 is 14.8 Å². The van der Waals surface area contributed by atoms with E-state index in [-0.39, 0.29) is 11.6 Å². The van der Waals surface area contributed by atoms with Gasteiger partial charge in [-0.05, 0) is 55.3 Å². The van der Waals surface area contributed by atoms with Crippen molar-refractivity contribution in [2.24, 2.45) is 0 Å². The average Bonchev–Trinajstić information content (AvgIpc) is 2.66. The SMILES string of the molecule is COc1cc(/C=C(/C#N)C(=O)NC(C)C)c(Br)cc1OCc1ccc(Br)cc1. The van der Waals surface area contributed by atoms with Gasteiger partial charge in [-0.1, -0.05) is 44.0 Å². The van der Waals surface area contributed by atoms with Gasteiger partial charge >= 0.3 is 0 Å². The van der Waals surface area contributed by atoms with E-state index in [1.54, 1.807) is 19.2 Å². The van der Waals surface area contributed by atoms with Crippen molar-refractivity contribution >= 4 is 43.8 Å². The summed E-state index contributed by atoms with van der Waals surface area (Å²) in [4.78, 5) is 12.1. The Hall–Kier alpha value is -2.30. The van der Waals surface area contributed by atoms with Gasteiger partial charge in [-0.2, -0.15) is 5.26 Å². The molecule has 0 bridgehead atoms. The number of nitrogens with one attached hydrogen (secondary N) is 1. The Balaban J connectivity index is 2.26. The highest BCUT2D eigenvalue weighted by atomic mass is 79.9. The van der Waals surface area contributed by atoms with Crippen LogP contribution in [0.5, 0.6) is 11.5 Å². The van der Waals surface area contributed by atoms with E-state index in [2.05, 4.69) is 37.2 Å². The number of nitrogens with zero attached hydrogens (tertiary/aromatic N) is 1. The van der Waals surface area contributed by atoms with Gasteiger partial charge in [0.25, 0.3) is 5.91 Å². The molecule has 0 fully saturated rings. The van der Waals surface area contributed by atoms with Crippen molar-refractivity contribution in [2.75, 3.05) is 7.11 Å². The zero-order valence-electron chi connectivity index (χ0n) is 15.8. The van der Waals surface area contributed by atoms with E-state index in [0.29, 0.717) is 28.1 Å². The van der Waals surface area contributed by atoms with Gasteiger partial charge in [-0.15, -0.1) is 0 Å². The predicted octanol–water partition coefficient (Wildman–Crippen LogP) is 5.23. The number of benzene rings is 2. The van der Waals surface area contributed by atoms with Gasteiger partial charge in [0.05, 0.1) is 7.11 Å². The molecule has 1 N–H and O–H groups in total. The lowest BCUT2D eigenvalue weighted by atomic mass is 10.1. The van der Waals surface area contributed by atoms with E-state index >= 15 is 0 Å². The Morgan fingerprint density at radius 2 is 1.89 bits per heavy atom. The maximum Gasteiger partial charge on any atom is 0.262 e. The van der Waals surface area contributed by atoms with E-state index < -0.39 is 5.91 Å². The third kappa shape index (κ3) is 6.11. The first kappa shape index (κ1) is 22.0. The second kappa shape index (κ2) is 10.3. The van der Waals surface area contributed by atoms with Gasteiger partial charge in [0.1, 0.15) is 18.2 Å². The molecule has 0 radical (unpaired) electrons. The van der Waals surface area contributed by atoms with Gasteiger partial charge in [0.2, 0.25) is 0 Å². The summed E-state index contributed by atoms with van der Waals surface area (Å²) < 4.78 is 13.0. The van der Waals surface area contributed by atoms with Gasteiger partial charge in [-0.3, -0.25) is 4.79 Å². The second-order valence-corrected chi connectivity index (χ2v) is 8.01. The molecule has 2 aromatic rings. The largest absolute Gasteiger partial charge is 0.493 e. The molecule has 0 aliphatic carbocycles. The maximum absolute atomic E-state index is 12.1. The van der Waals surface area contributed by atoms with Crippen LogP contribution in [0.2, 0.25) is 0 Å². The number of carbonyl (C=O) groups is 1. The summed E-state index contributed by atoms with van der Waals surface area (Å²) in [5, 5.41) is 12.0. The summed E-state index contributed by atoms with van der Waals surface area (Å²) in [6.07, 6.45) is 1.52. The van der Waals surface area contributed by atoms with Crippen LogP contribution in [0.25, 0.3) is 6.08 Å². The van der Waals surface area contributed by atoms with E-state index in [4.69, 9.17) is 9.47 Å². The molecule has 0 saturated heterocycles. The number of nitriles is 1. The van der Waals surface area contributed by atoms with Gasteiger partial charge in [-0.25, -0.2) is 0 Å². The third-order valence-corrected chi connectivity index (χ3v) is 4.89. The predicted molar refractivity (Wildman–Crippen MR) is 116 cm³/mol. The first-order valence-corrected chi connectivity index (χ1v) is 10.1. The molecule has 0 aromatic heterocycles.